The average Bonchev–Trinajstić information content (AvgIpc) is 3.08. The molecule has 0 heterocycles. The lowest BCUT2D eigenvalue weighted by Gasteiger charge is -2.10. The highest BCUT2D eigenvalue weighted by atomic mass is 16.6. The molecule has 0 N–H and O–H groups in total. The molecule has 0 saturated carbocycles. The Labute approximate surface area is 260 Å². The highest BCUT2D eigenvalue weighted by Crippen LogP contribution is 2.20. The number of ether oxygens (including phenoxy) is 8. The molecular weight excluding hydrogens is 560 g/mol. The first-order valence-electron chi connectivity index (χ1n) is 15.0. The fraction of sp³-hybridized carbons (Fsp3) is 0.333. The van der Waals surface area contributed by atoms with Crippen molar-refractivity contribution in [2.45, 2.75) is 13.2 Å². The topological polar surface area (TPSA) is 73.8 Å². The second-order valence-electron chi connectivity index (χ2n) is 9.64. The van der Waals surface area contributed by atoms with Gasteiger partial charge >= 0.3 is 0 Å². The van der Waals surface area contributed by atoms with E-state index in [-0.39, 0.29) is 0 Å². The van der Waals surface area contributed by atoms with Gasteiger partial charge < -0.3 is 37.9 Å². The second kappa shape index (κ2) is 20.8. The molecule has 0 radical (unpaired) electrons. The van der Waals surface area contributed by atoms with E-state index in [0.29, 0.717) is 79.3 Å². The van der Waals surface area contributed by atoms with Crippen LogP contribution in [0.2, 0.25) is 0 Å². The summed E-state index contributed by atoms with van der Waals surface area (Å²) in [5.41, 5.74) is 2.27. The summed E-state index contributed by atoms with van der Waals surface area (Å²) in [7, 11) is 0. The molecule has 0 unspecified atom stereocenters. The van der Waals surface area contributed by atoms with Crippen molar-refractivity contribution in [1.82, 2.24) is 0 Å². The molecule has 0 atom stereocenters. The Bertz CT molecular complexity index is 1150. The van der Waals surface area contributed by atoms with E-state index < -0.39 is 0 Å². The maximum atomic E-state index is 5.79. The zero-order valence-electron chi connectivity index (χ0n) is 25.1. The third-order valence-corrected chi connectivity index (χ3v) is 6.25. The summed E-state index contributed by atoms with van der Waals surface area (Å²) in [6.45, 7) is 6.02. The van der Waals surface area contributed by atoms with E-state index in [1.54, 1.807) is 0 Å². The van der Waals surface area contributed by atoms with Crippen LogP contribution >= 0.6 is 0 Å². The predicted octanol–water partition coefficient (Wildman–Crippen LogP) is 6.37. The maximum Gasteiger partial charge on any atom is 0.120 e. The summed E-state index contributed by atoms with van der Waals surface area (Å²) in [5, 5.41) is 0. The van der Waals surface area contributed by atoms with E-state index in [1.165, 1.54) is 0 Å². The van der Waals surface area contributed by atoms with Crippen LogP contribution in [0.1, 0.15) is 11.1 Å². The Morgan fingerprint density at radius 2 is 0.545 bits per heavy atom. The molecule has 0 saturated heterocycles. The Hall–Kier alpha value is -4.08. The van der Waals surface area contributed by atoms with Gasteiger partial charge in [0.25, 0.3) is 0 Å². The number of benzene rings is 4. The first-order valence-corrected chi connectivity index (χ1v) is 15.0. The van der Waals surface area contributed by atoms with Crippen molar-refractivity contribution in [3.05, 3.63) is 120 Å². The lowest BCUT2D eigenvalue weighted by atomic mass is 10.2. The van der Waals surface area contributed by atoms with Gasteiger partial charge in [-0.15, -0.1) is 0 Å². The van der Waals surface area contributed by atoms with Crippen molar-refractivity contribution in [2.24, 2.45) is 0 Å². The van der Waals surface area contributed by atoms with Gasteiger partial charge in [-0.05, 0) is 59.7 Å². The number of hydrogen-bond donors (Lipinski definition) is 0. The van der Waals surface area contributed by atoms with Crippen LogP contribution in [0.15, 0.2) is 109 Å². The van der Waals surface area contributed by atoms with Crippen LogP contribution in [0, 0.1) is 0 Å². The lowest BCUT2D eigenvalue weighted by molar-refractivity contribution is -0.00699. The smallest absolute Gasteiger partial charge is 0.120 e. The first-order chi connectivity index (χ1) is 21.8. The van der Waals surface area contributed by atoms with Crippen LogP contribution in [-0.4, -0.2) is 66.1 Å². The lowest BCUT2D eigenvalue weighted by Crippen LogP contribution is -2.14. The molecule has 8 heteroatoms. The minimum absolute atomic E-state index is 0.467. The molecule has 234 valence electrons. The number of hydrogen-bond acceptors (Lipinski definition) is 8. The fourth-order valence-corrected chi connectivity index (χ4v) is 3.94. The average molecular weight is 603 g/mol. The molecule has 0 aliphatic carbocycles. The Balaban J connectivity index is 0.883. The van der Waals surface area contributed by atoms with Crippen molar-refractivity contribution in [3.8, 4) is 23.0 Å². The molecule has 0 aliphatic rings. The molecule has 4 aromatic rings. The minimum atomic E-state index is 0.467. The van der Waals surface area contributed by atoms with Crippen LogP contribution < -0.4 is 18.9 Å². The van der Waals surface area contributed by atoms with Gasteiger partial charge in [0, 0.05) is 0 Å². The van der Waals surface area contributed by atoms with Crippen LogP contribution in [-0.2, 0) is 32.2 Å². The summed E-state index contributed by atoms with van der Waals surface area (Å²) in [4.78, 5) is 0. The second-order valence-corrected chi connectivity index (χ2v) is 9.64. The zero-order chi connectivity index (χ0) is 30.3. The summed E-state index contributed by atoms with van der Waals surface area (Å²) in [5.74, 6) is 3.17. The van der Waals surface area contributed by atoms with Crippen molar-refractivity contribution in [1.29, 1.82) is 0 Å². The van der Waals surface area contributed by atoms with Gasteiger partial charge in [0.2, 0.25) is 0 Å². The van der Waals surface area contributed by atoms with E-state index in [9.17, 15) is 0 Å². The molecular formula is C36H42O8. The van der Waals surface area contributed by atoms with E-state index >= 15 is 0 Å². The van der Waals surface area contributed by atoms with E-state index in [1.807, 2.05) is 109 Å². The third-order valence-electron chi connectivity index (χ3n) is 6.25. The first kappa shape index (κ1) is 32.8. The molecule has 0 bridgehead atoms. The van der Waals surface area contributed by atoms with Gasteiger partial charge in [-0.1, -0.05) is 60.7 Å². The molecule has 0 fully saturated rings. The molecule has 4 rings (SSSR count). The standard InChI is InChI=1S/C36H42O8/c1-3-7-31(8-4-1)29-43-35-15-11-33(12-16-35)41-27-25-39-23-21-37-19-20-38-22-24-40-26-28-42-34-13-17-36(18-14-34)44-30-32-9-5-2-6-10-32/h1-18H,19-30H2. The van der Waals surface area contributed by atoms with Gasteiger partial charge in [-0.3, -0.25) is 0 Å². The Morgan fingerprint density at radius 3 is 0.864 bits per heavy atom. The van der Waals surface area contributed by atoms with Crippen molar-refractivity contribution >= 4 is 0 Å². The molecule has 0 amide bonds. The fourth-order valence-electron chi connectivity index (χ4n) is 3.94. The summed E-state index contributed by atoms with van der Waals surface area (Å²) >= 11 is 0. The largest absolute Gasteiger partial charge is 0.491 e. The molecule has 0 spiro atoms. The Kier molecular flexibility index (Phi) is 15.5. The van der Waals surface area contributed by atoms with Crippen LogP contribution in [0.3, 0.4) is 0 Å². The monoisotopic (exact) mass is 602 g/mol. The van der Waals surface area contributed by atoms with Crippen LogP contribution in [0.5, 0.6) is 23.0 Å². The third kappa shape index (κ3) is 13.9. The number of rotatable bonds is 23. The minimum Gasteiger partial charge on any atom is -0.491 e. The molecule has 4 aromatic carbocycles. The van der Waals surface area contributed by atoms with Crippen molar-refractivity contribution < 1.29 is 37.9 Å². The van der Waals surface area contributed by atoms with E-state index in [4.69, 9.17) is 37.9 Å². The SMILES string of the molecule is c1ccc(COc2ccc(OCCOCCOCCOCCOCCOc3ccc(OCc4ccccc4)cc3)cc2)cc1. The zero-order valence-corrected chi connectivity index (χ0v) is 25.1. The molecule has 44 heavy (non-hydrogen) atoms. The highest BCUT2D eigenvalue weighted by molar-refractivity contribution is 5.32. The molecule has 0 aromatic heterocycles. The van der Waals surface area contributed by atoms with Gasteiger partial charge in [-0.2, -0.15) is 0 Å². The van der Waals surface area contributed by atoms with Gasteiger partial charge in [0.05, 0.1) is 52.9 Å². The predicted molar refractivity (Wildman–Crippen MR) is 169 cm³/mol. The quantitative estimate of drug-likeness (QED) is 0.0908. The summed E-state index contributed by atoms with van der Waals surface area (Å²) < 4.78 is 45.2. The Morgan fingerprint density at radius 1 is 0.273 bits per heavy atom. The normalized spacial score (nSPS) is 10.8. The highest BCUT2D eigenvalue weighted by Gasteiger charge is 2.00. The summed E-state index contributed by atoms with van der Waals surface area (Å²) in [6, 6.07) is 35.4. The maximum absolute atomic E-state index is 5.79. The molecule has 8 nitrogen and oxygen atoms in total. The van der Waals surface area contributed by atoms with Gasteiger partial charge in [0.15, 0.2) is 0 Å². The van der Waals surface area contributed by atoms with Crippen LogP contribution in [0.25, 0.3) is 0 Å². The summed E-state index contributed by atoms with van der Waals surface area (Å²) in [6.07, 6.45) is 0. The molecule has 0 aliphatic heterocycles. The van der Waals surface area contributed by atoms with Crippen molar-refractivity contribution in [3.63, 3.8) is 0 Å². The van der Waals surface area contributed by atoms with E-state index in [2.05, 4.69) is 0 Å². The van der Waals surface area contributed by atoms with E-state index in [0.717, 1.165) is 34.1 Å². The van der Waals surface area contributed by atoms with Gasteiger partial charge in [-0.25, -0.2) is 0 Å². The van der Waals surface area contributed by atoms with Gasteiger partial charge in [0.1, 0.15) is 49.4 Å². The van der Waals surface area contributed by atoms with Crippen molar-refractivity contribution in [2.75, 3.05) is 66.1 Å². The van der Waals surface area contributed by atoms with Crippen LogP contribution in [0.4, 0.5) is 0 Å².